The maximum atomic E-state index is 13.2. The Hall–Kier alpha value is -4.17. The van der Waals surface area contributed by atoms with Crippen LogP contribution in [0.1, 0.15) is 29.7 Å². The number of piperazine rings is 1. The Balaban J connectivity index is 1.39. The highest BCUT2D eigenvalue weighted by molar-refractivity contribution is 5.99. The monoisotopic (exact) mass is 498 g/mol. The first-order valence-corrected chi connectivity index (χ1v) is 12.4. The zero-order chi connectivity index (χ0) is 25.8. The van der Waals surface area contributed by atoms with Crippen molar-refractivity contribution in [2.24, 2.45) is 0 Å². The highest BCUT2D eigenvalue weighted by Crippen LogP contribution is 2.36. The number of aromatic nitrogens is 1. The van der Waals surface area contributed by atoms with Crippen LogP contribution in [0.25, 0.3) is 6.08 Å². The Labute approximate surface area is 216 Å². The van der Waals surface area contributed by atoms with Gasteiger partial charge in [-0.2, -0.15) is 0 Å². The molecule has 1 atom stereocenters. The molecule has 3 aromatic rings. The summed E-state index contributed by atoms with van der Waals surface area (Å²) in [6, 6.07) is 18.0. The predicted octanol–water partition coefficient (Wildman–Crippen LogP) is 5.05. The van der Waals surface area contributed by atoms with Crippen LogP contribution in [-0.4, -0.2) is 54.0 Å². The number of hydrazine groups is 1. The van der Waals surface area contributed by atoms with Crippen LogP contribution in [0, 0.1) is 0 Å². The molecular weight excluding hydrogens is 467 g/mol. The van der Waals surface area contributed by atoms with E-state index in [0.717, 1.165) is 54.6 Å². The Morgan fingerprint density at radius 1 is 1.05 bits per heavy atom. The maximum absolute atomic E-state index is 13.2. The average Bonchev–Trinajstić information content (AvgIpc) is 2.89. The van der Waals surface area contributed by atoms with E-state index >= 15 is 0 Å². The molecular formula is C29H31FN6O. The first-order valence-electron chi connectivity index (χ1n) is 12.4. The van der Waals surface area contributed by atoms with E-state index in [1.165, 1.54) is 12.6 Å². The van der Waals surface area contributed by atoms with Crippen molar-refractivity contribution in [3.63, 3.8) is 0 Å². The lowest BCUT2D eigenvalue weighted by molar-refractivity contribution is -0.112. The number of anilines is 3. The average molecular weight is 499 g/mol. The molecule has 3 heterocycles. The van der Waals surface area contributed by atoms with Gasteiger partial charge in [-0.25, -0.2) is 4.39 Å². The molecule has 1 saturated heterocycles. The van der Waals surface area contributed by atoms with Gasteiger partial charge in [0.25, 0.3) is 5.91 Å². The van der Waals surface area contributed by atoms with Crippen molar-refractivity contribution < 1.29 is 9.18 Å². The van der Waals surface area contributed by atoms with E-state index in [-0.39, 0.29) is 6.04 Å². The van der Waals surface area contributed by atoms with Gasteiger partial charge in [0.2, 0.25) is 0 Å². The third kappa shape index (κ3) is 5.81. The predicted molar refractivity (Wildman–Crippen MR) is 147 cm³/mol. The number of pyridine rings is 1. The van der Waals surface area contributed by atoms with Crippen molar-refractivity contribution in [1.82, 2.24) is 14.9 Å². The normalized spacial score (nSPS) is 17.9. The van der Waals surface area contributed by atoms with E-state index in [4.69, 9.17) is 0 Å². The smallest absolute Gasteiger partial charge is 0.250 e. The Morgan fingerprint density at radius 3 is 2.59 bits per heavy atom. The van der Waals surface area contributed by atoms with Crippen LogP contribution in [-0.2, 0) is 4.79 Å². The van der Waals surface area contributed by atoms with Crippen LogP contribution in [0.3, 0.4) is 0 Å². The molecule has 2 aromatic carbocycles. The van der Waals surface area contributed by atoms with E-state index in [2.05, 4.69) is 61.8 Å². The molecule has 1 amide bonds. The second kappa shape index (κ2) is 10.8. The van der Waals surface area contributed by atoms with E-state index in [9.17, 15) is 9.18 Å². The number of hydrogen-bond donors (Lipinski definition) is 2. The van der Waals surface area contributed by atoms with E-state index < -0.39 is 11.7 Å². The number of nitrogens with one attached hydrogen (secondary N) is 2. The number of halogens is 1. The molecule has 0 saturated carbocycles. The van der Waals surface area contributed by atoms with E-state index in [0.29, 0.717) is 5.69 Å². The fourth-order valence-electron chi connectivity index (χ4n) is 4.75. The maximum Gasteiger partial charge on any atom is 0.250 e. The van der Waals surface area contributed by atoms with Gasteiger partial charge in [0.1, 0.15) is 11.9 Å². The minimum atomic E-state index is -0.540. The lowest BCUT2D eigenvalue weighted by Gasteiger charge is -2.36. The first kappa shape index (κ1) is 24.5. The third-order valence-corrected chi connectivity index (χ3v) is 6.67. The van der Waals surface area contributed by atoms with Gasteiger partial charge in [0.05, 0.1) is 5.69 Å². The molecule has 0 spiro atoms. The molecule has 37 heavy (non-hydrogen) atoms. The molecule has 7 nitrogen and oxygen atoms in total. The minimum absolute atomic E-state index is 0.171. The number of nitrogens with zero attached hydrogens (tertiary/aromatic N) is 4. The highest BCUT2D eigenvalue weighted by atomic mass is 19.1. The van der Waals surface area contributed by atoms with Gasteiger partial charge in [0.15, 0.2) is 0 Å². The topological polar surface area (TPSA) is 63.7 Å². The van der Waals surface area contributed by atoms with Crippen molar-refractivity contribution >= 4 is 29.0 Å². The Bertz CT molecular complexity index is 1310. The summed E-state index contributed by atoms with van der Waals surface area (Å²) in [4.78, 5) is 21.1. The zero-order valence-corrected chi connectivity index (χ0v) is 21.1. The van der Waals surface area contributed by atoms with Gasteiger partial charge in [0, 0.05) is 62.2 Å². The fourth-order valence-corrected chi connectivity index (χ4v) is 4.75. The quantitative estimate of drug-likeness (QED) is 0.464. The summed E-state index contributed by atoms with van der Waals surface area (Å²) >= 11 is 0. The number of benzene rings is 2. The SMILES string of the molecule is C/C(F)=C\C(=O)Nc1cccc(C2c3ccncc3C=CN2Nc2ccc(N3CCN(C)CC3)cc2)c1. The summed E-state index contributed by atoms with van der Waals surface area (Å²) in [5, 5.41) is 4.80. The van der Waals surface area contributed by atoms with Gasteiger partial charge in [-0.05, 0) is 79.2 Å². The van der Waals surface area contributed by atoms with E-state index in [1.54, 1.807) is 12.3 Å². The fraction of sp³-hybridized carbons (Fsp3) is 0.241. The number of hydrogen-bond acceptors (Lipinski definition) is 6. The number of fused-ring (bicyclic) bond motifs is 1. The number of rotatable bonds is 6. The summed E-state index contributed by atoms with van der Waals surface area (Å²) < 4.78 is 13.2. The van der Waals surface area contributed by atoms with Gasteiger partial charge in [-0.15, -0.1) is 0 Å². The summed E-state index contributed by atoms with van der Waals surface area (Å²) in [6.07, 6.45) is 8.61. The van der Waals surface area contributed by atoms with Crippen LogP contribution < -0.4 is 15.6 Å². The second-order valence-electron chi connectivity index (χ2n) is 9.42. The summed E-state index contributed by atoms with van der Waals surface area (Å²) in [6.45, 7) is 5.43. The Morgan fingerprint density at radius 2 is 1.84 bits per heavy atom. The zero-order valence-electron chi connectivity index (χ0n) is 21.1. The molecule has 0 aliphatic carbocycles. The van der Waals surface area contributed by atoms with Crippen LogP contribution >= 0.6 is 0 Å². The van der Waals surface area contributed by atoms with Gasteiger partial charge >= 0.3 is 0 Å². The van der Waals surface area contributed by atoms with Crippen molar-refractivity contribution in [3.8, 4) is 0 Å². The van der Waals surface area contributed by atoms with Crippen molar-refractivity contribution in [1.29, 1.82) is 0 Å². The third-order valence-electron chi connectivity index (χ3n) is 6.67. The largest absolute Gasteiger partial charge is 0.369 e. The molecule has 0 radical (unpaired) electrons. The van der Waals surface area contributed by atoms with Gasteiger partial charge in [-0.3, -0.25) is 20.2 Å². The standard InChI is InChI=1S/C29H31FN6O/c1-21(30)18-28(37)32-25-5-3-4-22(19-25)29-27-10-12-31-20-23(27)11-13-36(29)33-24-6-8-26(9-7-24)35-16-14-34(2)15-17-35/h3-13,18-20,29,33H,14-17H2,1-2H3,(H,32,37)/b21-18+. The second-order valence-corrected chi connectivity index (χ2v) is 9.42. The van der Waals surface area contributed by atoms with Crippen LogP contribution in [0.15, 0.2) is 85.1 Å². The summed E-state index contributed by atoms with van der Waals surface area (Å²) in [7, 11) is 2.16. The molecule has 2 N–H and O–H groups in total. The van der Waals surface area contributed by atoms with E-state index in [1.807, 2.05) is 42.7 Å². The van der Waals surface area contributed by atoms with Crippen molar-refractivity contribution in [2.45, 2.75) is 13.0 Å². The minimum Gasteiger partial charge on any atom is -0.369 e. The Kier molecular flexibility index (Phi) is 7.18. The lowest BCUT2D eigenvalue weighted by Crippen LogP contribution is -2.44. The molecule has 1 aromatic heterocycles. The lowest BCUT2D eigenvalue weighted by atomic mass is 9.93. The molecule has 8 heteroatoms. The highest BCUT2D eigenvalue weighted by Gasteiger charge is 2.26. The molecule has 1 unspecified atom stereocenters. The number of amides is 1. The molecule has 0 bridgehead atoms. The molecule has 2 aliphatic heterocycles. The summed E-state index contributed by atoms with van der Waals surface area (Å²) in [5.41, 5.74) is 9.42. The van der Waals surface area contributed by atoms with Crippen molar-refractivity contribution in [2.75, 3.05) is 48.9 Å². The first-order chi connectivity index (χ1) is 18.0. The van der Waals surface area contributed by atoms with Crippen LogP contribution in [0.5, 0.6) is 0 Å². The van der Waals surface area contributed by atoms with Gasteiger partial charge in [-0.1, -0.05) is 12.1 Å². The van der Waals surface area contributed by atoms with Crippen molar-refractivity contribution in [3.05, 3.63) is 102 Å². The molecule has 190 valence electrons. The van der Waals surface area contributed by atoms with Gasteiger partial charge < -0.3 is 15.1 Å². The van der Waals surface area contributed by atoms with Crippen LogP contribution in [0.4, 0.5) is 21.5 Å². The number of allylic oxidation sites excluding steroid dienone is 1. The van der Waals surface area contributed by atoms with Crippen LogP contribution in [0.2, 0.25) is 0 Å². The molecule has 2 aliphatic rings. The molecule has 1 fully saturated rings. The summed E-state index contributed by atoms with van der Waals surface area (Å²) in [5.74, 6) is -1.04. The number of likely N-dealkylation sites (N-methyl/N-ethyl adjacent to an activating group) is 1. The molecule has 5 rings (SSSR count). The number of carbonyl (C=O) groups is 1. The number of carbonyl (C=O) groups excluding carboxylic acids is 1.